The van der Waals surface area contributed by atoms with Crippen LogP contribution in [0.15, 0.2) is 66.7 Å². The molecule has 0 aromatic heterocycles. The Bertz CT molecular complexity index is 1120. The Balaban J connectivity index is 1.53. The highest BCUT2D eigenvalue weighted by Crippen LogP contribution is 2.33. The molecule has 6 heteroatoms. The van der Waals surface area contributed by atoms with Crippen LogP contribution in [-0.2, 0) is 9.47 Å². The fraction of sp³-hybridized carbons (Fsp3) is 0.231. The lowest BCUT2D eigenvalue weighted by molar-refractivity contribution is -0.197. The molecule has 0 bridgehead atoms. The van der Waals surface area contributed by atoms with Crippen LogP contribution in [0.2, 0.25) is 0 Å². The highest BCUT2D eigenvalue weighted by Gasteiger charge is 2.23. The molecule has 32 heavy (non-hydrogen) atoms. The number of hydrogen-bond donors (Lipinski definition) is 0. The van der Waals surface area contributed by atoms with Gasteiger partial charge in [-0.25, -0.2) is 8.78 Å². The Morgan fingerprint density at radius 3 is 2.06 bits per heavy atom. The third-order valence-electron chi connectivity index (χ3n) is 5.43. The summed E-state index contributed by atoms with van der Waals surface area (Å²) in [5.74, 6) is -2.41. The zero-order chi connectivity index (χ0) is 22.7. The van der Waals surface area contributed by atoms with E-state index >= 15 is 0 Å². The average molecular weight is 440 g/mol. The number of halogens is 3. The summed E-state index contributed by atoms with van der Waals surface area (Å²) in [6.07, 6.45) is 3.38. The highest BCUT2D eigenvalue weighted by atomic mass is 19.2. The van der Waals surface area contributed by atoms with E-state index in [1.807, 2.05) is 19.1 Å². The fourth-order valence-corrected chi connectivity index (χ4v) is 3.75. The van der Waals surface area contributed by atoms with Gasteiger partial charge in [-0.3, -0.25) is 0 Å². The highest BCUT2D eigenvalue weighted by molar-refractivity contribution is 5.71. The normalized spacial score (nSPS) is 18.8. The van der Waals surface area contributed by atoms with Crippen LogP contribution in [0.25, 0.3) is 22.3 Å². The maximum atomic E-state index is 14.9. The van der Waals surface area contributed by atoms with Crippen molar-refractivity contribution in [3.63, 3.8) is 0 Å². The lowest BCUT2D eigenvalue weighted by atomic mass is 9.98. The number of methoxy groups -OCH3 is 1. The Morgan fingerprint density at radius 2 is 1.47 bits per heavy atom. The van der Waals surface area contributed by atoms with Gasteiger partial charge >= 0.3 is 0 Å². The Morgan fingerprint density at radius 1 is 0.844 bits per heavy atom. The van der Waals surface area contributed by atoms with Crippen LogP contribution in [-0.4, -0.2) is 20.3 Å². The first-order valence-corrected chi connectivity index (χ1v) is 10.3. The summed E-state index contributed by atoms with van der Waals surface area (Å²) >= 11 is 0. The molecule has 0 amide bonds. The summed E-state index contributed by atoms with van der Waals surface area (Å²) in [5.41, 5.74) is 2.20. The SMILES string of the molecule is C/C=C/C1COC(c2ccc(-c3ccc(-c4ccc(OC)c(F)c4F)cc3)c(F)c2)OC1. The molecule has 0 saturated carbocycles. The van der Waals surface area contributed by atoms with Crippen molar-refractivity contribution >= 4 is 0 Å². The molecular formula is C26H23F3O3. The second-order valence-electron chi connectivity index (χ2n) is 7.54. The molecule has 3 aromatic rings. The van der Waals surface area contributed by atoms with Crippen LogP contribution >= 0.6 is 0 Å². The number of ether oxygens (including phenoxy) is 3. The first-order valence-electron chi connectivity index (χ1n) is 10.3. The van der Waals surface area contributed by atoms with Crippen molar-refractivity contribution in [2.45, 2.75) is 13.2 Å². The minimum Gasteiger partial charge on any atom is -0.494 e. The quantitative estimate of drug-likeness (QED) is 0.414. The van der Waals surface area contributed by atoms with Gasteiger partial charge in [0.05, 0.1) is 20.3 Å². The van der Waals surface area contributed by atoms with Crippen LogP contribution in [0.5, 0.6) is 5.75 Å². The van der Waals surface area contributed by atoms with E-state index in [1.54, 1.807) is 36.4 Å². The predicted octanol–water partition coefficient (Wildman–Crippen LogP) is 6.68. The minimum absolute atomic E-state index is 0.105. The number of hydrogen-bond acceptors (Lipinski definition) is 3. The molecule has 0 atom stereocenters. The standard InChI is InChI=1S/C26H23F3O3/c1-3-4-16-14-31-26(32-15-16)19-9-10-20(22(27)13-19)17-5-7-18(8-6-17)21-11-12-23(30-2)25(29)24(21)28/h3-13,16,26H,14-15H2,1-2H3/b4-3+. The van der Waals surface area contributed by atoms with Gasteiger partial charge in [-0.15, -0.1) is 0 Å². The molecular weight excluding hydrogens is 417 g/mol. The van der Waals surface area contributed by atoms with Crippen LogP contribution in [0.3, 0.4) is 0 Å². The molecule has 1 aliphatic heterocycles. The van der Waals surface area contributed by atoms with Gasteiger partial charge in [0.15, 0.2) is 17.9 Å². The van der Waals surface area contributed by atoms with E-state index in [0.29, 0.717) is 35.5 Å². The number of allylic oxidation sites excluding steroid dienone is 1. The summed E-state index contributed by atoms with van der Waals surface area (Å²) in [6.45, 7) is 2.98. The van der Waals surface area contributed by atoms with Gasteiger partial charge < -0.3 is 14.2 Å². The van der Waals surface area contributed by atoms with Gasteiger partial charge in [0, 0.05) is 22.6 Å². The third kappa shape index (κ3) is 4.42. The zero-order valence-electron chi connectivity index (χ0n) is 17.8. The number of benzene rings is 3. The van der Waals surface area contributed by atoms with E-state index in [1.165, 1.54) is 25.3 Å². The minimum atomic E-state index is -1.04. The zero-order valence-corrected chi connectivity index (χ0v) is 17.8. The molecule has 3 aromatic carbocycles. The molecule has 1 saturated heterocycles. The van der Waals surface area contributed by atoms with Crippen molar-refractivity contribution < 1.29 is 27.4 Å². The molecule has 1 aliphatic rings. The molecule has 0 spiro atoms. The van der Waals surface area contributed by atoms with E-state index in [4.69, 9.17) is 14.2 Å². The second-order valence-corrected chi connectivity index (χ2v) is 7.54. The van der Waals surface area contributed by atoms with E-state index in [2.05, 4.69) is 0 Å². The largest absolute Gasteiger partial charge is 0.494 e. The Kier molecular flexibility index (Phi) is 6.63. The topological polar surface area (TPSA) is 27.7 Å². The molecule has 0 radical (unpaired) electrons. The number of rotatable bonds is 5. The van der Waals surface area contributed by atoms with Gasteiger partial charge in [-0.2, -0.15) is 4.39 Å². The maximum Gasteiger partial charge on any atom is 0.201 e. The molecule has 1 fully saturated rings. The van der Waals surface area contributed by atoms with E-state index in [0.717, 1.165) is 0 Å². The summed E-state index contributed by atoms with van der Waals surface area (Å²) in [4.78, 5) is 0. The lowest BCUT2D eigenvalue weighted by Crippen LogP contribution is -2.25. The van der Waals surface area contributed by atoms with Crippen molar-refractivity contribution in [3.05, 3.63) is 89.8 Å². The Labute approximate surface area is 185 Å². The molecule has 0 N–H and O–H groups in total. The van der Waals surface area contributed by atoms with Gasteiger partial charge in [0.2, 0.25) is 5.82 Å². The molecule has 3 nitrogen and oxygen atoms in total. The lowest BCUT2D eigenvalue weighted by Gasteiger charge is -2.28. The smallest absolute Gasteiger partial charge is 0.201 e. The first-order chi connectivity index (χ1) is 15.5. The van der Waals surface area contributed by atoms with Crippen LogP contribution in [0.4, 0.5) is 13.2 Å². The monoisotopic (exact) mass is 440 g/mol. The second kappa shape index (κ2) is 9.59. The summed E-state index contributed by atoms with van der Waals surface area (Å²) in [7, 11) is 1.28. The summed E-state index contributed by atoms with van der Waals surface area (Å²) < 4.78 is 59.5. The maximum absolute atomic E-state index is 14.9. The molecule has 1 heterocycles. The van der Waals surface area contributed by atoms with Gasteiger partial charge in [0.1, 0.15) is 5.82 Å². The molecule has 4 rings (SSSR count). The van der Waals surface area contributed by atoms with E-state index in [9.17, 15) is 13.2 Å². The third-order valence-corrected chi connectivity index (χ3v) is 5.43. The van der Waals surface area contributed by atoms with Gasteiger partial charge in [-0.05, 0) is 36.2 Å². The van der Waals surface area contributed by atoms with Crippen LogP contribution in [0.1, 0.15) is 18.8 Å². The summed E-state index contributed by atoms with van der Waals surface area (Å²) in [5, 5.41) is 0. The molecule has 166 valence electrons. The van der Waals surface area contributed by atoms with Gasteiger partial charge in [0.25, 0.3) is 0 Å². The van der Waals surface area contributed by atoms with Crippen LogP contribution in [0, 0.1) is 23.4 Å². The molecule has 0 aliphatic carbocycles. The predicted molar refractivity (Wildman–Crippen MR) is 117 cm³/mol. The summed E-state index contributed by atoms with van der Waals surface area (Å²) in [6, 6.07) is 14.3. The van der Waals surface area contributed by atoms with Gasteiger partial charge in [-0.1, -0.05) is 48.6 Å². The first kappa shape index (κ1) is 22.1. The van der Waals surface area contributed by atoms with Crippen molar-refractivity contribution in [1.82, 2.24) is 0 Å². The van der Waals surface area contributed by atoms with E-state index < -0.39 is 23.7 Å². The van der Waals surface area contributed by atoms with Crippen LogP contribution < -0.4 is 4.74 Å². The average Bonchev–Trinajstić information content (AvgIpc) is 2.82. The van der Waals surface area contributed by atoms with Crippen molar-refractivity contribution in [2.75, 3.05) is 20.3 Å². The van der Waals surface area contributed by atoms with Crippen molar-refractivity contribution in [1.29, 1.82) is 0 Å². The van der Waals surface area contributed by atoms with Crippen molar-refractivity contribution in [3.8, 4) is 28.0 Å². The van der Waals surface area contributed by atoms with Crippen molar-refractivity contribution in [2.24, 2.45) is 5.92 Å². The fourth-order valence-electron chi connectivity index (χ4n) is 3.75. The molecule has 0 unspecified atom stereocenters. The van der Waals surface area contributed by atoms with E-state index in [-0.39, 0.29) is 17.2 Å². The Hall–Kier alpha value is -3.09.